The van der Waals surface area contributed by atoms with Crippen molar-refractivity contribution in [2.24, 2.45) is 17.8 Å². The van der Waals surface area contributed by atoms with Gasteiger partial charge in [-0.15, -0.1) is 0 Å². The molecule has 204 valence electrons. The molecule has 36 heavy (non-hydrogen) atoms. The van der Waals surface area contributed by atoms with Gasteiger partial charge in [0, 0.05) is 18.4 Å². The van der Waals surface area contributed by atoms with Crippen molar-refractivity contribution in [3.05, 3.63) is 48.1 Å². The Morgan fingerprint density at radius 3 is 2.50 bits per heavy atom. The summed E-state index contributed by atoms with van der Waals surface area (Å²) in [6.07, 6.45) is 7.94. The lowest BCUT2D eigenvalue weighted by atomic mass is 9.83. The van der Waals surface area contributed by atoms with Crippen molar-refractivity contribution < 1.29 is 34.7 Å². The van der Waals surface area contributed by atoms with Crippen LogP contribution in [0.2, 0.25) is 0 Å². The van der Waals surface area contributed by atoms with Gasteiger partial charge in [-0.25, -0.2) is 4.79 Å². The number of aliphatic hydroxyl groups excluding tert-OH is 2. The molecule has 4 N–H and O–H groups in total. The van der Waals surface area contributed by atoms with Gasteiger partial charge in [-0.2, -0.15) is 0 Å². The number of rotatable bonds is 3. The van der Waals surface area contributed by atoms with Crippen molar-refractivity contribution in [3.63, 3.8) is 0 Å². The molecule has 0 spiro atoms. The van der Waals surface area contributed by atoms with Gasteiger partial charge in [-0.1, -0.05) is 62.8 Å². The first-order chi connectivity index (χ1) is 16.6. The molecule has 7 heteroatoms. The van der Waals surface area contributed by atoms with E-state index in [4.69, 9.17) is 9.47 Å². The minimum Gasteiger partial charge on any atom is -0.459 e. The summed E-state index contributed by atoms with van der Waals surface area (Å²) in [6.45, 7) is 14.7. The molecule has 0 unspecified atom stereocenters. The van der Waals surface area contributed by atoms with Crippen LogP contribution in [0.4, 0.5) is 0 Å². The summed E-state index contributed by atoms with van der Waals surface area (Å²) < 4.78 is 11.8. The van der Waals surface area contributed by atoms with Gasteiger partial charge in [0.1, 0.15) is 11.7 Å². The first kappa shape index (κ1) is 30.5. The summed E-state index contributed by atoms with van der Waals surface area (Å²) in [5.74, 6) is -2.86. The molecule has 2 aliphatic rings. The van der Waals surface area contributed by atoms with Gasteiger partial charge in [-0.05, 0) is 58.3 Å². The number of esters is 1. The first-order valence-electron chi connectivity index (χ1n) is 13.0. The van der Waals surface area contributed by atoms with E-state index in [1.54, 1.807) is 32.1 Å². The van der Waals surface area contributed by atoms with Gasteiger partial charge >= 0.3 is 5.97 Å². The SMILES string of the molecule is C=C1C[C@@H]2C/C=C/[C@H](O)[C@H](C)/C(C)=C/C(=O)O[C@@H](C[C@@H](C)[C@H](C)O)[C@@H](C)C/C=C/[C@@](C)(O)[C@](O)(C1)O2. The second-order valence-electron chi connectivity index (χ2n) is 11.2. The van der Waals surface area contributed by atoms with E-state index >= 15 is 0 Å². The molecule has 0 radical (unpaired) electrons. The van der Waals surface area contributed by atoms with E-state index in [1.807, 2.05) is 20.8 Å². The highest BCUT2D eigenvalue weighted by Crippen LogP contribution is 2.39. The van der Waals surface area contributed by atoms with Gasteiger partial charge in [0.05, 0.1) is 18.3 Å². The molecule has 0 aromatic rings. The van der Waals surface area contributed by atoms with Crippen LogP contribution in [0, 0.1) is 17.8 Å². The fraction of sp³-hybridized carbons (Fsp3) is 0.690. The molecular formula is C29H46O7. The number of allylic oxidation sites excluding steroid dienone is 1. The van der Waals surface area contributed by atoms with E-state index in [0.29, 0.717) is 31.3 Å². The summed E-state index contributed by atoms with van der Waals surface area (Å²) in [5.41, 5.74) is -0.206. The number of fused-ring (bicyclic) bond motifs is 2. The number of cyclic esters (lactones) is 1. The second-order valence-corrected chi connectivity index (χ2v) is 11.2. The molecule has 0 aromatic carbocycles. The van der Waals surface area contributed by atoms with Gasteiger partial charge < -0.3 is 29.9 Å². The molecule has 2 aliphatic heterocycles. The lowest BCUT2D eigenvalue weighted by molar-refractivity contribution is -0.305. The Morgan fingerprint density at radius 2 is 1.86 bits per heavy atom. The largest absolute Gasteiger partial charge is 0.459 e. The summed E-state index contributed by atoms with van der Waals surface area (Å²) in [7, 11) is 0. The van der Waals surface area contributed by atoms with Crippen LogP contribution >= 0.6 is 0 Å². The van der Waals surface area contributed by atoms with Gasteiger partial charge in [0.15, 0.2) is 0 Å². The molecule has 1 saturated heterocycles. The van der Waals surface area contributed by atoms with Crippen LogP contribution in [0.5, 0.6) is 0 Å². The maximum Gasteiger partial charge on any atom is 0.330 e. The van der Waals surface area contributed by atoms with Crippen molar-refractivity contribution in [2.75, 3.05) is 0 Å². The average molecular weight is 507 g/mol. The number of carbonyl (C=O) groups excluding carboxylic acids is 1. The predicted molar refractivity (Wildman–Crippen MR) is 140 cm³/mol. The third-order valence-electron chi connectivity index (χ3n) is 7.75. The first-order valence-corrected chi connectivity index (χ1v) is 13.0. The highest BCUT2D eigenvalue weighted by molar-refractivity contribution is 5.83. The summed E-state index contributed by atoms with van der Waals surface area (Å²) in [5, 5.41) is 43.1. The van der Waals surface area contributed by atoms with E-state index < -0.39 is 41.8 Å². The molecule has 7 nitrogen and oxygen atoms in total. The number of hydrogen-bond acceptors (Lipinski definition) is 7. The third-order valence-corrected chi connectivity index (χ3v) is 7.75. The average Bonchev–Trinajstić information content (AvgIpc) is 2.76. The summed E-state index contributed by atoms with van der Waals surface area (Å²) in [4.78, 5) is 12.8. The zero-order valence-electron chi connectivity index (χ0n) is 22.7. The number of ether oxygens (including phenoxy) is 2. The van der Waals surface area contributed by atoms with Crippen molar-refractivity contribution in [1.29, 1.82) is 0 Å². The van der Waals surface area contributed by atoms with Crippen LogP contribution in [0.3, 0.4) is 0 Å². The predicted octanol–water partition coefficient (Wildman–Crippen LogP) is 3.97. The van der Waals surface area contributed by atoms with Gasteiger partial charge in [0.25, 0.3) is 0 Å². The van der Waals surface area contributed by atoms with Crippen LogP contribution < -0.4 is 0 Å². The van der Waals surface area contributed by atoms with Crippen LogP contribution in [0.25, 0.3) is 0 Å². The number of carbonyl (C=O) groups is 1. The Hall–Kier alpha value is -1.77. The lowest BCUT2D eigenvalue weighted by Gasteiger charge is -2.45. The van der Waals surface area contributed by atoms with Gasteiger partial charge in [-0.3, -0.25) is 0 Å². The van der Waals surface area contributed by atoms with Crippen molar-refractivity contribution in [3.8, 4) is 0 Å². The van der Waals surface area contributed by atoms with Crippen molar-refractivity contribution >= 4 is 5.97 Å². The van der Waals surface area contributed by atoms with Crippen LogP contribution in [0.15, 0.2) is 48.1 Å². The molecule has 2 bridgehead atoms. The maximum absolute atomic E-state index is 12.8. The fourth-order valence-corrected chi connectivity index (χ4v) is 4.58. The molecule has 0 aromatic heterocycles. The Kier molecular flexibility index (Phi) is 10.7. The maximum atomic E-state index is 12.8. The van der Waals surface area contributed by atoms with E-state index in [9.17, 15) is 25.2 Å². The Bertz CT molecular complexity index is 856. The minimum absolute atomic E-state index is 0.0922. The zero-order chi connectivity index (χ0) is 27.3. The topological polar surface area (TPSA) is 116 Å². The molecule has 0 amide bonds. The van der Waals surface area contributed by atoms with Crippen molar-refractivity contribution in [1.82, 2.24) is 0 Å². The molecular weight excluding hydrogens is 460 g/mol. The molecule has 1 fully saturated rings. The summed E-state index contributed by atoms with van der Waals surface area (Å²) >= 11 is 0. The number of hydrogen-bond donors (Lipinski definition) is 4. The third kappa shape index (κ3) is 8.12. The molecule has 0 saturated carbocycles. The molecule has 0 aliphatic carbocycles. The van der Waals surface area contributed by atoms with E-state index in [-0.39, 0.29) is 24.2 Å². The Labute approximate surface area is 216 Å². The van der Waals surface area contributed by atoms with Crippen LogP contribution in [-0.4, -0.2) is 62.2 Å². The molecule has 9 atom stereocenters. The molecule has 2 rings (SSSR count). The van der Waals surface area contributed by atoms with Crippen molar-refractivity contribution in [2.45, 2.75) is 109 Å². The molecule has 2 heterocycles. The van der Waals surface area contributed by atoms with Gasteiger partial charge in [0.2, 0.25) is 5.79 Å². The Balaban J connectivity index is 2.41. The van der Waals surface area contributed by atoms with E-state index in [2.05, 4.69) is 6.58 Å². The minimum atomic E-state index is -1.84. The number of aliphatic hydroxyl groups is 4. The van der Waals surface area contributed by atoms with E-state index in [0.717, 1.165) is 5.57 Å². The highest BCUT2D eigenvalue weighted by Gasteiger charge is 2.49. The van der Waals surface area contributed by atoms with Crippen LogP contribution in [0.1, 0.15) is 73.6 Å². The summed E-state index contributed by atoms with van der Waals surface area (Å²) in [6, 6.07) is 0. The monoisotopic (exact) mass is 506 g/mol. The van der Waals surface area contributed by atoms with Crippen LogP contribution in [-0.2, 0) is 14.3 Å². The smallest absolute Gasteiger partial charge is 0.330 e. The normalized spacial score (nSPS) is 42.2. The highest BCUT2D eigenvalue weighted by atomic mass is 16.6. The standard InChI is InChI=1S/C29H46O7/c1-18-14-24-11-8-12-25(31)22(5)20(3)16-27(32)35-26(15-21(4)23(6)30)19(2)10-9-13-28(7,33)29(34,17-18)36-24/h8-9,12-13,16,19,21-26,30-31,33-34H,1,10-11,14-15,17H2,2-7H3/b12-8+,13-9+,20-16+/t19-,21+,22+,23-,24-,25-,26-,28+,29-/m0/s1. The van der Waals surface area contributed by atoms with E-state index in [1.165, 1.54) is 19.1 Å². The quantitative estimate of drug-likeness (QED) is 0.338. The second kappa shape index (κ2) is 12.7. The zero-order valence-corrected chi connectivity index (χ0v) is 22.7. The Morgan fingerprint density at radius 1 is 1.19 bits per heavy atom. The fourth-order valence-electron chi connectivity index (χ4n) is 4.58. The lowest BCUT2D eigenvalue weighted by Crippen LogP contribution is -2.56.